The van der Waals surface area contributed by atoms with Crippen molar-refractivity contribution in [3.63, 3.8) is 0 Å². The first-order valence-corrected chi connectivity index (χ1v) is 21.7. The molecule has 1 nitrogen and oxygen atoms in total. The largest absolute Gasteiger partial charge is 0.310 e. The summed E-state index contributed by atoms with van der Waals surface area (Å²) in [7, 11) is 0. The van der Waals surface area contributed by atoms with Crippen molar-refractivity contribution in [1.82, 2.24) is 0 Å². The molecular weight excluding hydrogens is 735 g/mol. The fourth-order valence-corrected chi connectivity index (χ4v) is 12.1. The van der Waals surface area contributed by atoms with E-state index >= 15 is 0 Å². The number of allylic oxidation sites excluding steroid dienone is 4. The predicted molar refractivity (Wildman–Crippen MR) is 255 cm³/mol. The average molecular weight is 778 g/mol. The minimum Gasteiger partial charge on any atom is -0.310 e. The van der Waals surface area contributed by atoms with Crippen LogP contribution in [0.3, 0.4) is 0 Å². The first kappa shape index (κ1) is 34.6. The Balaban J connectivity index is 0.904. The molecule has 4 aliphatic carbocycles. The maximum absolute atomic E-state index is 2.59. The number of hydrogen-bond donors (Lipinski definition) is 0. The zero-order valence-electron chi connectivity index (χ0n) is 34.3. The van der Waals surface area contributed by atoms with Crippen molar-refractivity contribution in [3.8, 4) is 22.3 Å². The molecule has 13 rings (SSSR count). The molecule has 2 unspecified atom stereocenters. The summed E-state index contributed by atoms with van der Waals surface area (Å²) in [4.78, 5) is 2.39. The van der Waals surface area contributed by atoms with Gasteiger partial charge in [0.15, 0.2) is 0 Å². The van der Waals surface area contributed by atoms with Gasteiger partial charge in [-0.3, -0.25) is 0 Å². The Hall–Kier alpha value is -7.22. The maximum Gasteiger partial charge on any atom is 0.0538 e. The van der Waals surface area contributed by atoms with Gasteiger partial charge < -0.3 is 4.90 Å². The van der Waals surface area contributed by atoms with Crippen LogP contribution in [0.4, 0.5) is 17.1 Å². The van der Waals surface area contributed by atoms with Crippen LogP contribution < -0.4 is 4.90 Å². The molecule has 2 atom stereocenters. The van der Waals surface area contributed by atoms with E-state index in [2.05, 4.69) is 231 Å². The van der Waals surface area contributed by atoms with E-state index in [0.717, 1.165) is 17.1 Å². The van der Waals surface area contributed by atoms with Crippen molar-refractivity contribution in [2.24, 2.45) is 5.92 Å². The molecule has 0 aromatic heterocycles. The summed E-state index contributed by atoms with van der Waals surface area (Å²) < 4.78 is 0. The van der Waals surface area contributed by atoms with Gasteiger partial charge in [0.05, 0.1) is 5.41 Å². The van der Waals surface area contributed by atoms with Gasteiger partial charge in [-0.1, -0.05) is 184 Å². The molecule has 9 aromatic carbocycles. The van der Waals surface area contributed by atoms with Gasteiger partial charge in [-0.2, -0.15) is 0 Å². The number of rotatable bonds is 4. The zero-order chi connectivity index (χ0) is 40.5. The van der Waals surface area contributed by atoms with Crippen molar-refractivity contribution in [3.05, 3.63) is 251 Å². The Morgan fingerprint density at radius 2 is 0.934 bits per heavy atom. The van der Waals surface area contributed by atoms with Gasteiger partial charge in [0, 0.05) is 34.3 Å². The van der Waals surface area contributed by atoms with E-state index in [1.807, 2.05) is 0 Å². The number of nitrogens with zero attached hydrogens (tertiary/aromatic N) is 1. The SMILES string of the molecule is CC1(C)C2=C(c3ccc(-c4ccc(N(c5ccc6ccccc6c5)c5ccc6ccccc6c5)cc4)cc31)C1c3ccccc3C3(c4ccccc4-c4ccccc43)C1C=C2. The maximum atomic E-state index is 2.59. The molecule has 0 radical (unpaired) electrons. The topological polar surface area (TPSA) is 3.24 Å². The Bertz CT molecular complexity index is 3230. The highest BCUT2D eigenvalue weighted by molar-refractivity contribution is 5.95. The van der Waals surface area contributed by atoms with Crippen LogP contribution in [0.25, 0.3) is 49.4 Å². The molecule has 288 valence electrons. The van der Waals surface area contributed by atoms with E-state index < -0.39 is 0 Å². The van der Waals surface area contributed by atoms with E-state index in [1.165, 1.54) is 88.3 Å². The Labute approximate surface area is 357 Å². The molecule has 1 heteroatoms. The minimum atomic E-state index is -0.231. The Kier molecular flexibility index (Phi) is 7.18. The summed E-state index contributed by atoms with van der Waals surface area (Å²) in [6.45, 7) is 4.88. The number of hydrogen-bond acceptors (Lipinski definition) is 1. The molecule has 0 saturated carbocycles. The third kappa shape index (κ3) is 4.72. The van der Waals surface area contributed by atoms with Crippen LogP contribution in [0.2, 0.25) is 0 Å². The summed E-state index contributed by atoms with van der Waals surface area (Å²) in [5.74, 6) is 0.535. The highest BCUT2D eigenvalue weighted by Gasteiger charge is 2.60. The lowest BCUT2D eigenvalue weighted by Gasteiger charge is -2.38. The van der Waals surface area contributed by atoms with Crippen molar-refractivity contribution in [2.75, 3.05) is 4.90 Å². The van der Waals surface area contributed by atoms with Gasteiger partial charge in [-0.25, -0.2) is 0 Å². The molecule has 0 N–H and O–H groups in total. The third-order valence-corrected chi connectivity index (χ3v) is 14.7. The molecule has 0 aliphatic heterocycles. The lowest BCUT2D eigenvalue weighted by atomic mass is 9.63. The van der Waals surface area contributed by atoms with Crippen LogP contribution in [-0.2, 0) is 10.8 Å². The van der Waals surface area contributed by atoms with Crippen molar-refractivity contribution >= 4 is 44.2 Å². The normalized spacial score (nSPS) is 18.1. The lowest BCUT2D eigenvalue weighted by molar-refractivity contribution is 0.468. The molecule has 4 aliphatic rings. The number of benzene rings is 9. The van der Waals surface area contributed by atoms with Crippen molar-refractivity contribution in [2.45, 2.75) is 30.6 Å². The second kappa shape index (κ2) is 12.6. The smallest absolute Gasteiger partial charge is 0.0538 e. The van der Waals surface area contributed by atoms with Crippen LogP contribution in [0.5, 0.6) is 0 Å². The Morgan fingerprint density at radius 1 is 0.410 bits per heavy atom. The molecule has 0 saturated heterocycles. The van der Waals surface area contributed by atoms with E-state index in [9.17, 15) is 0 Å². The molecule has 0 amide bonds. The summed E-state index contributed by atoms with van der Waals surface area (Å²) in [6.07, 6.45) is 5.10. The van der Waals surface area contributed by atoms with Gasteiger partial charge >= 0.3 is 0 Å². The molecular formula is C60H43N. The lowest BCUT2D eigenvalue weighted by Crippen LogP contribution is -2.34. The molecule has 61 heavy (non-hydrogen) atoms. The second-order valence-corrected chi connectivity index (χ2v) is 18.0. The minimum absolute atomic E-state index is 0.138. The monoisotopic (exact) mass is 777 g/mol. The predicted octanol–water partition coefficient (Wildman–Crippen LogP) is 15.5. The van der Waals surface area contributed by atoms with Gasteiger partial charge in [0.1, 0.15) is 0 Å². The Morgan fingerprint density at radius 3 is 1.57 bits per heavy atom. The molecule has 9 aromatic rings. The fourth-order valence-electron chi connectivity index (χ4n) is 12.1. The van der Waals surface area contributed by atoms with E-state index in [0.29, 0.717) is 0 Å². The van der Waals surface area contributed by atoms with Crippen LogP contribution >= 0.6 is 0 Å². The van der Waals surface area contributed by atoms with Gasteiger partial charge in [-0.05, 0) is 131 Å². The second-order valence-electron chi connectivity index (χ2n) is 18.0. The molecule has 1 spiro atoms. The average Bonchev–Trinajstić information content (AvgIpc) is 3.87. The molecule has 0 heterocycles. The summed E-state index contributed by atoms with van der Waals surface area (Å²) in [5.41, 5.74) is 19.9. The quantitative estimate of drug-likeness (QED) is 0.172. The fraction of sp³-hybridized carbons (Fsp3) is 0.100. The summed E-state index contributed by atoms with van der Waals surface area (Å²) >= 11 is 0. The summed E-state index contributed by atoms with van der Waals surface area (Å²) in [6, 6.07) is 75.1. The van der Waals surface area contributed by atoms with Crippen LogP contribution in [0.15, 0.2) is 218 Å². The highest BCUT2D eigenvalue weighted by Crippen LogP contribution is 2.69. The first-order valence-electron chi connectivity index (χ1n) is 21.7. The highest BCUT2D eigenvalue weighted by atomic mass is 15.1. The van der Waals surface area contributed by atoms with E-state index in [1.54, 1.807) is 0 Å². The van der Waals surface area contributed by atoms with E-state index in [-0.39, 0.29) is 22.7 Å². The van der Waals surface area contributed by atoms with Crippen LogP contribution in [-0.4, -0.2) is 0 Å². The first-order chi connectivity index (χ1) is 30.0. The van der Waals surface area contributed by atoms with Crippen LogP contribution in [0.1, 0.15) is 53.1 Å². The molecule has 0 fully saturated rings. The number of anilines is 3. The summed E-state index contributed by atoms with van der Waals surface area (Å²) in [5, 5.41) is 4.95. The van der Waals surface area contributed by atoms with Crippen molar-refractivity contribution < 1.29 is 0 Å². The zero-order valence-corrected chi connectivity index (χ0v) is 34.3. The van der Waals surface area contributed by atoms with Crippen LogP contribution in [0, 0.1) is 5.92 Å². The standard InChI is InChI=1S/C60H43N/c1-59(2)54-33-34-55-58(49-19-9-12-22-53(49)60(55)51-20-10-7-17-47(51)48-18-8-11-21-52(48)60)57(54)50-32-27-43(37-56(50)59)40-23-28-44(29-24-40)61(45-30-25-38-13-3-5-15-41(38)35-45)46-31-26-39-14-4-6-16-42(39)36-46/h3-37,55,58H,1-2H3. The van der Waals surface area contributed by atoms with Crippen molar-refractivity contribution in [1.29, 1.82) is 0 Å². The molecule has 0 bridgehead atoms. The van der Waals surface area contributed by atoms with E-state index in [4.69, 9.17) is 0 Å². The third-order valence-electron chi connectivity index (χ3n) is 14.7. The van der Waals surface area contributed by atoms with Gasteiger partial charge in [0.2, 0.25) is 0 Å². The number of fused-ring (bicyclic) bond motifs is 15. The van der Waals surface area contributed by atoms with Gasteiger partial charge in [0.25, 0.3) is 0 Å². The van der Waals surface area contributed by atoms with Gasteiger partial charge in [-0.15, -0.1) is 0 Å².